The molecule has 1 saturated heterocycles. The van der Waals surface area contributed by atoms with E-state index in [1.807, 2.05) is 36.4 Å². The number of nitrogens with one attached hydrogen (secondary N) is 3. The van der Waals surface area contributed by atoms with Crippen molar-refractivity contribution in [1.29, 1.82) is 5.41 Å². The molecule has 6 nitrogen and oxygen atoms in total. The molecule has 29 heavy (non-hydrogen) atoms. The van der Waals surface area contributed by atoms with E-state index >= 15 is 0 Å². The van der Waals surface area contributed by atoms with Crippen molar-refractivity contribution in [3.05, 3.63) is 71.5 Å². The molecule has 146 valence electrons. The highest BCUT2D eigenvalue weighted by Gasteiger charge is 2.27. The Balaban J connectivity index is 1.64. The van der Waals surface area contributed by atoms with Crippen LogP contribution in [0, 0.1) is 11.2 Å². The minimum absolute atomic E-state index is 0.0532. The van der Waals surface area contributed by atoms with Crippen molar-refractivity contribution in [3.63, 3.8) is 0 Å². The van der Waals surface area contributed by atoms with Gasteiger partial charge in [0.1, 0.15) is 11.9 Å². The maximum atomic E-state index is 14.4. The van der Waals surface area contributed by atoms with Gasteiger partial charge in [0.15, 0.2) is 0 Å². The third kappa shape index (κ3) is 3.67. The smallest absolute Gasteiger partial charge is 0.246 e. The standard InChI is InChI=1S/C22H19FN4O2/c23-17-11-15(26-22(29)18-7-8-19(28)27-18)10-16(21(17)25)20(24)14-6-5-12-3-1-2-4-13(12)9-14/h1-6,9-11,18,24H,7-8,25H2,(H,26,29)(H,27,28)/t18-/m0/s1. The van der Waals surface area contributed by atoms with Crippen LogP contribution in [0.4, 0.5) is 15.8 Å². The lowest BCUT2D eigenvalue weighted by molar-refractivity contribution is -0.122. The first-order chi connectivity index (χ1) is 13.9. The molecule has 0 radical (unpaired) electrons. The summed E-state index contributed by atoms with van der Waals surface area (Å²) in [5.74, 6) is -1.34. The summed E-state index contributed by atoms with van der Waals surface area (Å²) in [7, 11) is 0. The minimum Gasteiger partial charge on any atom is -0.396 e. The fraction of sp³-hybridized carbons (Fsp3) is 0.136. The first-order valence-corrected chi connectivity index (χ1v) is 9.20. The van der Waals surface area contributed by atoms with Gasteiger partial charge in [0.2, 0.25) is 11.8 Å². The predicted molar refractivity (Wildman–Crippen MR) is 110 cm³/mol. The van der Waals surface area contributed by atoms with E-state index < -0.39 is 17.8 Å². The van der Waals surface area contributed by atoms with E-state index in [2.05, 4.69) is 10.6 Å². The van der Waals surface area contributed by atoms with Gasteiger partial charge in [0.25, 0.3) is 0 Å². The molecule has 1 aliphatic heterocycles. The molecule has 3 aromatic carbocycles. The Hall–Kier alpha value is -3.74. The highest BCUT2D eigenvalue weighted by atomic mass is 19.1. The summed E-state index contributed by atoms with van der Waals surface area (Å²) in [6, 6.07) is 15.2. The number of amides is 2. The van der Waals surface area contributed by atoms with Gasteiger partial charge in [0, 0.05) is 23.2 Å². The van der Waals surface area contributed by atoms with Crippen molar-refractivity contribution in [2.24, 2.45) is 0 Å². The second kappa shape index (κ2) is 7.35. The summed E-state index contributed by atoms with van der Waals surface area (Å²) in [4.78, 5) is 23.6. The summed E-state index contributed by atoms with van der Waals surface area (Å²) in [6.07, 6.45) is 0.675. The normalized spacial score (nSPS) is 15.9. The maximum Gasteiger partial charge on any atom is 0.246 e. The van der Waals surface area contributed by atoms with Gasteiger partial charge in [-0.3, -0.25) is 15.0 Å². The third-order valence-electron chi connectivity index (χ3n) is 5.02. The fourth-order valence-corrected chi connectivity index (χ4v) is 3.44. The number of hydrogen-bond donors (Lipinski definition) is 4. The van der Waals surface area contributed by atoms with Crippen LogP contribution >= 0.6 is 0 Å². The highest BCUT2D eigenvalue weighted by Crippen LogP contribution is 2.26. The van der Waals surface area contributed by atoms with Crippen LogP contribution in [0.15, 0.2) is 54.6 Å². The van der Waals surface area contributed by atoms with Gasteiger partial charge in [-0.2, -0.15) is 0 Å². The summed E-state index contributed by atoms with van der Waals surface area (Å²) < 4.78 is 14.4. The van der Waals surface area contributed by atoms with Crippen molar-refractivity contribution in [1.82, 2.24) is 5.32 Å². The fourth-order valence-electron chi connectivity index (χ4n) is 3.44. The molecule has 1 fully saturated rings. The van der Waals surface area contributed by atoms with E-state index in [-0.39, 0.29) is 35.0 Å². The lowest BCUT2D eigenvalue weighted by Crippen LogP contribution is -2.37. The largest absolute Gasteiger partial charge is 0.396 e. The molecule has 1 aliphatic rings. The lowest BCUT2D eigenvalue weighted by Gasteiger charge is -2.15. The van der Waals surface area contributed by atoms with Gasteiger partial charge in [-0.15, -0.1) is 0 Å². The van der Waals surface area contributed by atoms with Crippen LogP contribution in [0.2, 0.25) is 0 Å². The van der Waals surface area contributed by atoms with Gasteiger partial charge in [-0.1, -0.05) is 36.4 Å². The van der Waals surface area contributed by atoms with Crippen LogP contribution in [0.25, 0.3) is 10.8 Å². The molecule has 0 aliphatic carbocycles. The van der Waals surface area contributed by atoms with Crippen molar-refractivity contribution in [2.75, 3.05) is 11.1 Å². The van der Waals surface area contributed by atoms with Crippen LogP contribution in [0.3, 0.4) is 0 Å². The van der Waals surface area contributed by atoms with Crippen molar-refractivity contribution in [2.45, 2.75) is 18.9 Å². The number of carbonyl (C=O) groups excluding carboxylic acids is 2. The van der Waals surface area contributed by atoms with Gasteiger partial charge in [0.05, 0.1) is 11.4 Å². The topological polar surface area (TPSA) is 108 Å². The number of anilines is 2. The molecule has 7 heteroatoms. The third-order valence-corrected chi connectivity index (χ3v) is 5.02. The van der Waals surface area contributed by atoms with E-state index in [1.54, 1.807) is 6.07 Å². The molecule has 3 aromatic rings. The van der Waals surface area contributed by atoms with Gasteiger partial charge >= 0.3 is 0 Å². The van der Waals surface area contributed by atoms with E-state index in [4.69, 9.17) is 11.1 Å². The summed E-state index contributed by atoms with van der Waals surface area (Å²) in [5, 5.41) is 15.7. The molecule has 0 saturated carbocycles. The zero-order valence-corrected chi connectivity index (χ0v) is 15.5. The number of benzene rings is 3. The maximum absolute atomic E-state index is 14.4. The van der Waals surface area contributed by atoms with Gasteiger partial charge < -0.3 is 16.4 Å². The van der Waals surface area contributed by atoms with Crippen LogP contribution in [-0.4, -0.2) is 23.6 Å². The van der Waals surface area contributed by atoms with Gasteiger partial charge in [-0.05, 0) is 35.4 Å². The average molecular weight is 390 g/mol. The second-order valence-corrected chi connectivity index (χ2v) is 7.00. The second-order valence-electron chi connectivity index (χ2n) is 7.00. The van der Waals surface area contributed by atoms with Crippen molar-refractivity contribution in [3.8, 4) is 0 Å². The number of nitrogens with two attached hydrogens (primary N) is 1. The Kier molecular flexibility index (Phi) is 4.72. The Morgan fingerprint density at radius 1 is 1.14 bits per heavy atom. The molecule has 0 bridgehead atoms. The predicted octanol–water partition coefficient (Wildman–Crippen LogP) is 3.19. The average Bonchev–Trinajstić information content (AvgIpc) is 3.16. The molecule has 0 unspecified atom stereocenters. The quantitative estimate of drug-likeness (QED) is 0.406. The molecule has 0 spiro atoms. The molecule has 1 heterocycles. The lowest BCUT2D eigenvalue weighted by atomic mass is 9.97. The van der Waals surface area contributed by atoms with Crippen molar-refractivity contribution >= 4 is 39.7 Å². The van der Waals surface area contributed by atoms with Gasteiger partial charge in [-0.25, -0.2) is 4.39 Å². The van der Waals surface area contributed by atoms with E-state index in [0.29, 0.717) is 12.0 Å². The Morgan fingerprint density at radius 2 is 1.90 bits per heavy atom. The summed E-state index contributed by atoms with van der Waals surface area (Å²) in [5.41, 5.74) is 6.74. The monoisotopic (exact) mass is 390 g/mol. The molecule has 1 atom stereocenters. The van der Waals surface area contributed by atoms with E-state index in [1.165, 1.54) is 6.07 Å². The first kappa shape index (κ1) is 18.6. The highest BCUT2D eigenvalue weighted by molar-refractivity contribution is 6.16. The Bertz CT molecular complexity index is 1160. The number of halogens is 1. The van der Waals surface area contributed by atoms with E-state index in [9.17, 15) is 14.0 Å². The van der Waals surface area contributed by atoms with Crippen LogP contribution < -0.4 is 16.4 Å². The Morgan fingerprint density at radius 3 is 2.62 bits per heavy atom. The van der Waals surface area contributed by atoms with E-state index in [0.717, 1.165) is 16.8 Å². The zero-order valence-electron chi connectivity index (χ0n) is 15.5. The number of carbonyl (C=O) groups is 2. The Labute approximate surface area is 166 Å². The first-order valence-electron chi connectivity index (χ1n) is 9.20. The minimum atomic E-state index is -0.723. The van der Waals surface area contributed by atoms with Crippen LogP contribution in [0.5, 0.6) is 0 Å². The summed E-state index contributed by atoms with van der Waals surface area (Å²) >= 11 is 0. The van der Waals surface area contributed by atoms with Crippen LogP contribution in [0.1, 0.15) is 24.0 Å². The molecule has 2 amide bonds. The number of rotatable bonds is 4. The van der Waals surface area contributed by atoms with Crippen molar-refractivity contribution < 1.29 is 14.0 Å². The molecule has 4 rings (SSSR count). The summed E-state index contributed by atoms with van der Waals surface area (Å²) in [6.45, 7) is 0. The zero-order chi connectivity index (χ0) is 20.5. The molecular weight excluding hydrogens is 371 g/mol. The molecular formula is C22H19FN4O2. The van der Waals surface area contributed by atoms with Crippen LogP contribution in [-0.2, 0) is 9.59 Å². The molecule has 5 N–H and O–H groups in total. The molecule has 0 aromatic heterocycles. The SMILES string of the molecule is N=C(c1ccc2ccccc2c1)c1cc(NC(=O)[C@@H]2CCC(=O)N2)cc(F)c1N. The number of nitrogen functional groups attached to an aromatic ring is 1. The number of fused-ring (bicyclic) bond motifs is 1. The number of hydrogen-bond acceptors (Lipinski definition) is 4.